The van der Waals surface area contributed by atoms with Gasteiger partial charge in [-0.25, -0.2) is 4.98 Å². The van der Waals surface area contributed by atoms with Crippen LogP contribution in [0.1, 0.15) is 18.5 Å². The van der Waals surface area contributed by atoms with Crippen LogP contribution in [0.25, 0.3) is 16.6 Å². The third-order valence-corrected chi connectivity index (χ3v) is 7.50. The molecule has 0 radical (unpaired) electrons. The number of carbonyl (C=O) groups is 1. The molecule has 0 saturated carbocycles. The summed E-state index contributed by atoms with van der Waals surface area (Å²) in [5, 5.41) is 1.10. The Morgan fingerprint density at radius 3 is 2.23 bits per heavy atom. The number of nitrogens with zero attached hydrogens (tertiary/aromatic N) is 4. The van der Waals surface area contributed by atoms with Crippen molar-refractivity contribution in [1.29, 1.82) is 0 Å². The number of hydrogen-bond donors (Lipinski definition) is 0. The number of fused-ring (bicyclic) bond motifs is 1. The highest BCUT2D eigenvalue weighted by Crippen LogP contribution is 2.24. The van der Waals surface area contributed by atoms with E-state index in [4.69, 9.17) is 4.98 Å². The summed E-state index contributed by atoms with van der Waals surface area (Å²) in [7, 11) is 0. The van der Waals surface area contributed by atoms with Gasteiger partial charge in [0.15, 0.2) is 5.16 Å². The predicted molar refractivity (Wildman–Crippen MR) is 141 cm³/mol. The number of benzene rings is 3. The van der Waals surface area contributed by atoms with Gasteiger partial charge in [-0.3, -0.25) is 19.1 Å². The Labute approximate surface area is 209 Å². The molecule has 1 unspecified atom stereocenters. The summed E-state index contributed by atoms with van der Waals surface area (Å²) in [4.78, 5) is 35.5. The monoisotopic (exact) mass is 484 g/mol. The van der Waals surface area contributed by atoms with E-state index in [0.717, 1.165) is 18.8 Å². The molecule has 0 aliphatic carbocycles. The molecule has 178 valence electrons. The van der Waals surface area contributed by atoms with Crippen molar-refractivity contribution in [3.05, 3.63) is 101 Å². The van der Waals surface area contributed by atoms with Crippen molar-refractivity contribution in [3.63, 3.8) is 0 Å². The maximum Gasteiger partial charge on any atom is 0.266 e. The van der Waals surface area contributed by atoms with Crippen molar-refractivity contribution in [2.45, 2.75) is 18.1 Å². The molecular weight excluding hydrogens is 456 g/mol. The van der Waals surface area contributed by atoms with Crippen LogP contribution in [0.2, 0.25) is 0 Å². The zero-order valence-electron chi connectivity index (χ0n) is 19.7. The average Bonchev–Trinajstić information content (AvgIpc) is 2.92. The first kappa shape index (κ1) is 23.3. The molecular formula is C28H28N4O2S. The first-order valence-electron chi connectivity index (χ1n) is 11.9. The molecule has 1 amide bonds. The van der Waals surface area contributed by atoms with E-state index in [1.807, 2.05) is 59.5 Å². The molecule has 1 aliphatic heterocycles. The summed E-state index contributed by atoms with van der Waals surface area (Å²) in [6, 6.07) is 27.6. The second-order valence-electron chi connectivity index (χ2n) is 8.68. The second-order valence-corrected chi connectivity index (χ2v) is 9.62. The molecule has 7 heteroatoms. The third kappa shape index (κ3) is 5.01. The van der Waals surface area contributed by atoms with E-state index in [-0.39, 0.29) is 17.2 Å². The van der Waals surface area contributed by atoms with E-state index in [0.29, 0.717) is 35.2 Å². The van der Waals surface area contributed by atoms with Gasteiger partial charge in [0, 0.05) is 32.2 Å². The molecule has 3 aromatic carbocycles. The first-order valence-corrected chi connectivity index (χ1v) is 12.9. The minimum absolute atomic E-state index is 0.0732. The number of para-hydroxylation sites is 2. The van der Waals surface area contributed by atoms with Crippen molar-refractivity contribution in [3.8, 4) is 5.69 Å². The zero-order chi connectivity index (χ0) is 24.2. The van der Waals surface area contributed by atoms with Crippen molar-refractivity contribution in [2.75, 3.05) is 31.9 Å². The molecule has 2 heterocycles. The van der Waals surface area contributed by atoms with Crippen molar-refractivity contribution < 1.29 is 4.79 Å². The maximum absolute atomic E-state index is 13.3. The summed E-state index contributed by atoms with van der Waals surface area (Å²) < 4.78 is 1.61. The lowest BCUT2D eigenvalue weighted by atomic mass is 10.1. The molecule has 0 N–H and O–H groups in total. The lowest BCUT2D eigenvalue weighted by molar-refractivity contribution is -0.130. The van der Waals surface area contributed by atoms with Crippen LogP contribution in [0.5, 0.6) is 0 Å². The Morgan fingerprint density at radius 1 is 0.886 bits per heavy atom. The van der Waals surface area contributed by atoms with Gasteiger partial charge < -0.3 is 4.90 Å². The normalized spacial score (nSPS) is 15.3. The number of thioether (sulfide) groups is 1. The van der Waals surface area contributed by atoms with Gasteiger partial charge >= 0.3 is 0 Å². The standard InChI is InChI=1S/C28H28N4O2S/c1-21(22-10-4-2-5-11-22)30-16-18-31(19-17-30)26(33)20-35-28-29-25-15-9-8-14-24(25)27(34)32(28)23-12-6-3-7-13-23/h2-15,21H,16-20H2,1H3. The number of rotatable bonds is 6. The van der Waals surface area contributed by atoms with E-state index < -0.39 is 0 Å². The minimum atomic E-state index is -0.125. The van der Waals surface area contributed by atoms with Gasteiger partial charge in [0.25, 0.3) is 5.56 Å². The number of hydrogen-bond acceptors (Lipinski definition) is 5. The van der Waals surface area contributed by atoms with Crippen LogP contribution in [0, 0.1) is 0 Å². The lowest BCUT2D eigenvalue weighted by Crippen LogP contribution is -2.49. The number of aromatic nitrogens is 2. The molecule has 1 aliphatic rings. The molecule has 1 fully saturated rings. The Morgan fingerprint density at radius 2 is 1.51 bits per heavy atom. The fraction of sp³-hybridized carbons (Fsp3) is 0.250. The van der Waals surface area contributed by atoms with Gasteiger partial charge in [0.1, 0.15) is 0 Å². The third-order valence-electron chi connectivity index (χ3n) is 6.58. The second kappa shape index (κ2) is 10.5. The smallest absolute Gasteiger partial charge is 0.266 e. The Bertz CT molecular complexity index is 1370. The molecule has 6 nitrogen and oxygen atoms in total. The minimum Gasteiger partial charge on any atom is -0.339 e. The fourth-order valence-electron chi connectivity index (χ4n) is 4.53. The Balaban J connectivity index is 1.29. The molecule has 5 rings (SSSR count). The number of amides is 1. The predicted octanol–water partition coefficient (Wildman–Crippen LogP) is 4.38. The summed E-state index contributed by atoms with van der Waals surface area (Å²) in [6.45, 7) is 5.31. The van der Waals surface area contributed by atoms with Crippen LogP contribution in [-0.2, 0) is 4.79 Å². The van der Waals surface area contributed by atoms with E-state index in [1.54, 1.807) is 10.6 Å². The number of piperazine rings is 1. The number of carbonyl (C=O) groups excluding carboxylic acids is 1. The molecule has 35 heavy (non-hydrogen) atoms. The van der Waals surface area contributed by atoms with Gasteiger partial charge in [0.2, 0.25) is 5.91 Å². The molecule has 0 bridgehead atoms. The van der Waals surface area contributed by atoms with Gasteiger partial charge in [-0.2, -0.15) is 0 Å². The van der Waals surface area contributed by atoms with Gasteiger partial charge in [-0.1, -0.05) is 72.4 Å². The van der Waals surface area contributed by atoms with Crippen LogP contribution in [-0.4, -0.2) is 57.2 Å². The van der Waals surface area contributed by atoms with Crippen LogP contribution in [0.4, 0.5) is 0 Å². The Hall–Kier alpha value is -3.42. The summed E-state index contributed by atoms with van der Waals surface area (Å²) in [6.07, 6.45) is 0. The van der Waals surface area contributed by atoms with Crippen molar-refractivity contribution >= 4 is 28.6 Å². The molecule has 0 spiro atoms. The largest absolute Gasteiger partial charge is 0.339 e. The van der Waals surface area contributed by atoms with Crippen LogP contribution < -0.4 is 5.56 Å². The summed E-state index contributed by atoms with van der Waals surface area (Å²) in [5.74, 6) is 0.315. The van der Waals surface area contributed by atoms with Gasteiger partial charge in [0.05, 0.1) is 22.3 Å². The first-order chi connectivity index (χ1) is 17.1. The quantitative estimate of drug-likeness (QED) is 0.300. The highest BCUT2D eigenvalue weighted by Gasteiger charge is 2.25. The van der Waals surface area contributed by atoms with Crippen LogP contribution in [0.3, 0.4) is 0 Å². The maximum atomic E-state index is 13.3. The molecule has 1 aromatic heterocycles. The van der Waals surface area contributed by atoms with E-state index in [1.165, 1.54) is 17.3 Å². The van der Waals surface area contributed by atoms with Gasteiger partial charge in [-0.15, -0.1) is 0 Å². The molecule has 4 aromatic rings. The van der Waals surface area contributed by atoms with Crippen LogP contribution >= 0.6 is 11.8 Å². The van der Waals surface area contributed by atoms with Crippen molar-refractivity contribution in [1.82, 2.24) is 19.4 Å². The van der Waals surface area contributed by atoms with E-state index in [2.05, 4.69) is 36.1 Å². The molecule has 1 atom stereocenters. The van der Waals surface area contributed by atoms with Crippen molar-refractivity contribution in [2.24, 2.45) is 0 Å². The highest BCUT2D eigenvalue weighted by molar-refractivity contribution is 7.99. The SMILES string of the molecule is CC(c1ccccc1)N1CCN(C(=O)CSc2nc3ccccc3c(=O)n2-c2ccccc2)CC1. The Kier molecular flexibility index (Phi) is 6.97. The summed E-state index contributed by atoms with van der Waals surface area (Å²) in [5.41, 5.74) is 2.56. The van der Waals surface area contributed by atoms with E-state index >= 15 is 0 Å². The lowest BCUT2D eigenvalue weighted by Gasteiger charge is -2.38. The fourth-order valence-corrected chi connectivity index (χ4v) is 5.45. The van der Waals surface area contributed by atoms with Gasteiger partial charge in [-0.05, 0) is 36.8 Å². The molecule has 1 saturated heterocycles. The average molecular weight is 485 g/mol. The zero-order valence-corrected chi connectivity index (χ0v) is 20.5. The topological polar surface area (TPSA) is 58.4 Å². The summed E-state index contributed by atoms with van der Waals surface area (Å²) >= 11 is 1.32. The highest BCUT2D eigenvalue weighted by atomic mass is 32.2. The van der Waals surface area contributed by atoms with Crippen LogP contribution in [0.15, 0.2) is 94.9 Å². The van der Waals surface area contributed by atoms with E-state index in [9.17, 15) is 9.59 Å².